The van der Waals surface area contributed by atoms with Crippen molar-refractivity contribution >= 4 is 34.9 Å². The van der Waals surface area contributed by atoms with Crippen LogP contribution in [-0.4, -0.2) is 51.7 Å². The Labute approximate surface area is 173 Å². The lowest BCUT2D eigenvalue weighted by molar-refractivity contribution is -0.158. The van der Waals surface area contributed by atoms with Gasteiger partial charge in [0.25, 0.3) is 11.8 Å². The number of ether oxygens (including phenoxy) is 1. The highest BCUT2D eigenvalue weighted by atomic mass is 32.1. The summed E-state index contributed by atoms with van der Waals surface area (Å²) in [5.74, 6) is -0.534. The van der Waals surface area contributed by atoms with Gasteiger partial charge < -0.3 is 15.0 Å². The summed E-state index contributed by atoms with van der Waals surface area (Å²) >= 11 is 1.41. The number of amides is 2. The molecule has 0 unspecified atom stereocenters. The number of esters is 1. The van der Waals surface area contributed by atoms with Gasteiger partial charge >= 0.3 is 5.97 Å². The first-order valence-corrected chi connectivity index (χ1v) is 10.6. The second kappa shape index (κ2) is 9.21. The maximum Gasteiger partial charge on any atom is 0.309 e. The van der Waals surface area contributed by atoms with Crippen LogP contribution in [-0.2, 0) is 14.3 Å². The molecule has 0 aliphatic carbocycles. The molecule has 3 heterocycles. The van der Waals surface area contributed by atoms with E-state index >= 15 is 0 Å². The second-order valence-electron chi connectivity index (χ2n) is 7.37. The Morgan fingerprint density at radius 1 is 1.21 bits per heavy atom. The van der Waals surface area contributed by atoms with Gasteiger partial charge in [0.05, 0.1) is 17.0 Å². The van der Waals surface area contributed by atoms with Gasteiger partial charge in [0.2, 0.25) is 0 Å². The highest BCUT2D eigenvalue weighted by Gasteiger charge is 2.31. The SMILES string of the molecule is CC(C)n1nccc1NC(=O)[C@H](C)OC(=O)C1CCN(C(=O)c2cccs2)CC1. The zero-order chi connectivity index (χ0) is 21.0. The normalized spacial score (nSPS) is 15.9. The number of thiophene rings is 1. The van der Waals surface area contributed by atoms with Gasteiger partial charge in [0, 0.05) is 25.2 Å². The second-order valence-corrected chi connectivity index (χ2v) is 8.31. The molecule has 0 spiro atoms. The van der Waals surface area contributed by atoms with E-state index in [4.69, 9.17) is 4.74 Å². The summed E-state index contributed by atoms with van der Waals surface area (Å²) in [7, 11) is 0. The van der Waals surface area contributed by atoms with E-state index in [-0.39, 0.29) is 17.9 Å². The van der Waals surface area contributed by atoms with Crippen LogP contribution in [0.1, 0.15) is 49.3 Å². The predicted molar refractivity (Wildman–Crippen MR) is 110 cm³/mol. The molecule has 8 nitrogen and oxygen atoms in total. The van der Waals surface area contributed by atoms with Crippen LogP contribution in [0.25, 0.3) is 0 Å². The fourth-order valence-corrected chi connectivity index (χ4v) is 3.94. The van der Waals surface area contributed by atoms with Gasteiger partial charge in [-0.25, -0.2) is 4.68 Å². The van der Waals surface area contributed by atoms with Crippen LogP contribution in [0, 0.1) is 5.92 Å². The first-order valence-electron chi connectivity index (χ1n) is 9.74. The van der Waals surface area contributed by atoms with Crippen molar-refractivity contribution in [3.05, 3.63) is 34.7 Å². The number of anilines is 1. The van der Waals surface area contributed by atoms with E-state index in [0.29, 0.717) is 36.6 Å². The Morgan fingerprint density at radius 2 is 1.93 bits per heavy atom. The molecule has 0 saturated carbocycles. The van der Waals surface area contributed by atoms with E-state index in [0.717, 1.165) is 0 Å². The summed E-state index contributed by atoms with van der Waals surface area (Å²) in [6, 6.07) is 5.45. The van der Waals surface area contributed by atoms with Gasteiger partial charge in [0.15, 0.2) is 6.10 Å². The van der Waals surface area contributed by atoms with E-state index in [9.17, 15) is 14.4 Å². The van der Waals surface area contributed by atoms with Crippen molar-refractivity contribution < 1.29 is 19.1 Å². The van der Waals surface area contributed by atoms with Crippen molar-refractivity contribution in [2.45, 2.75) is 45.8 Å². The van der Waals surface area contributed by atoms with Crippen molar-refractivity contribution in [2.75, 3.05) is 18.4 Å². The number of likely N-dealkylation sites (tertiary alicyclic amines) is 1. The fourth-order valence-electron chi connectivity index (χ4n) is 3.25. The molecule has 0 radical (unpaired) electrons. The Balaban J connectivity index is 1.48. The minimum absolute atomic E-state index is 0.00123. The van der Waals surface area contributed by atoms with Crippen LogP contribution in [0.4, 0.5) is 5.82 Å². The quantitative estimate of drug-likeness (QED) is 0.728. The standard InChI is InChI=1S/C20H26N4O4S/c1-13(2)24-17(6-9-21-24)22-18(25)14(3)28-20(27)15-7-10-23(11-8-15)19(26)16-5-4-12-29-16/h4-6,9,12-15H,7-8,10-11H2,1-3H3,(H,22,25)/t14-/m0/s1. The minimum Gasteiger partial charge on any atom is -0.452 e. The average Bonchev–Trinajstić information content (AvgIpc) is 3.39. The van der Waals surface area contributed by atoms with Gasteiger partial charge in [-0.3, -0.25) is 14.4 Å². The molecule has 2 amide bonds. The maximum atomic E-state index is 12.5. The first-order chi connectivity index (χ1) is 13.9. The van der Waals surface area contributed by atoms with Crippen LogP contribution < -0.4 is 5.32 Å². The third-order valence-electron chi connectivity index (χ3n) is 4.92. The highest BCUT2D eigenvalue weighted by Crippen LogP contribution is 2.22. The van der Waals surface area contributed by atoms with Crippen LogP contribution in [0.5, 0.6) is 0 Å². The van der Waals surface area contributed by atoms with Gasteiger partial charge in [-0.2, -0.15) is 5.10 Å². The summed E-state index contributed by atoms with van der Waals surface area (Å²) in [6.07, 6.45) is 1.76. The minimum atomic E-state index is -0.913. The fraction of sp³-hybridized carbons (Fsp3) is 0.500. The number of aromatic nitrogens is 2. The Kier molecular flexibility index (Phi) is 6.68. The molecule has 9 heteroatoms. The average molecular weight is 419 g/mol. The lowest BCUT2D eigenvalue weighted by Crippen LogP contribution is -2.41. The molecule has 1 aliphatic rings. The monoisotopic (exact) mass is 418 g/mol. The van der Waals surface area contributed by atoms with Crippen molar-refractivity contribution in [3.63, 3.8) is 0 Å². The molecule has 3 rings (SSSR count). The molecule has 156 valence electrons. The lowest BCUT2D eigenvalue weighted by atomic mass is 9.97. The molecule has 29 heavy (non-hydrogen) atoms. The molecule has 2 aromatic heterocycles. The Bertz CT molecular complexity index is 854. The molecule has 2 aromatic rings. The summed E-state index contributed by atoms with van der Waals surface area (Å²) in [5, 5.41) is 8.79. The maximum absolute atomic E-state index is 12.5. The zero-order valence-electron chi connectivity index (χ0n) is 16.8. The van der Waals surface area contributed by atoms with Crippen molar-refractivity contribution in [1.82, 2.24) is 14.7 Å². The largest absolute Gasteiger partial charge is 0.452 e. The van der Waals surface area contributed by atoms with Gasteiger partial charge in [-0.1, -0.05) is 6.07 Å². The molecule has 1 saturated heterocycles. The number of rotatable bonds is 6. The molecule has 0 aromatic carbocycles. The van der Waals surface area contributed by atoms with Crippen molar-refractivity contribution in [1.29, 1.82) is 0 Å². The van der Waals surface area contributed by atoms with E-state index in [1.165, 1.54) is 11.3 Å². The molecule has 1 aliphatic heterocycles. The van der Waals surface area contributed by atoms with Crippen LogP contribution in [0.3, 0.4) is 0 Å². The van der Waals surface area contributed by atoms with E-state index in [1.54, 1.807) is 34.8 Å². The van der Waals surface area contributed by atoms with Crippen LogP contribution in [0.2, 0.25) is 0 Å². The van der Waals surface area contributed by atoms with Crippen molar-refractivity contribution in [3.8, 4) is 0 Å². The molecular weight excluding hydrogens is 392 g/mol. The Morgan fingerprint density at radius 3 is 2.55 bits per heavy atom. The Hall–Kier alpha value is -2.68. The summed E-state index contributed by atoms with van der Waals surface area (Å²) in [6.45, 7) is 6.48. The summed E-state index contributed by atoms with van der Waals surface area (Å²) in [4.78, 5) is 39.7. The number of nitrogens with zero attached hydrogens (tertiary/aromatic N) is 3. The first kappa shape index (κ1) is 21.0. The van der Waals surface area contributed by atoms with Crippen LogP contribution in [0.15, 0.2) is 29.8 Å². The number of carbonyl (C=O) groups excluding carboxylic acids is 3. The van der Waals surface area contributed by atoms with E-state index in [1.807, 2.05) is 25.3 Å². The van der Waals surface area contributed by atoms with E-state index in [2.05, 4.69) is 10.4 Å². The molecular formula is C20H26N4O4S. The van der Waals surface area contributed by atoms with Gasteiger partial charge in [0.1, 0.15) is 5.82 Å². The summed E-state index contributed by atoms with van der Waals surface area (Å²) < 4.78 is 7.07. The predicted octanol–water partition coefficient (Wildman–Crippen LogP) is 2.95. The highest BCUT2D eigenvalue weighted by molar-refractivity contribution is 7.12. The number of hydrogen-bond acceptors (Lipinski definition) is 6. The van der Waals surface area contributed by atoms with Gasteiger partial charge in [-0.05, 0) is 45.1 Å². The zero-order valence-corrected chi connectivity index (χ0v) is 17.6. The third kappa shape index (κ3) is 5.03. The van der Waals surface area contributed by atoms with E-state index < -0.39 is 18.0 Å². The molecule has 0 bridgehead atoms. The van der Waals surface area contributed by atoms with Crippen LogP contribution >= 0.6 is 11.3 Å². The molecule has 1 N–H and O–H groups in total. The third-order valence-corrected chi connectivity index (χ3v) is 5.78. The smallest absolute Gasteiger partial charge is 0.309 e. The molecule has 1 atom stereocenters. The number of carbonyl (C=O) groups is 3. The number of piperidine rings is 1. The van der Waals surface area contributed by atoms with Crippen molar-refractivity contribution in [2.24, 2.45) is 5.92 Å². The topological polar surface area (TPSA) is 93.5 Å². The number of nitrogens with one attached hydrogen (secondary N) is 1. The van der Waals surface area contributed by atoms with Gasteiger partial charge in [-0.15, -0.1) is 11.3 Å². The lowest BCUT2D eigenvalue weighted by Gasteiger charge is -2.31. The summed E-state index contributed by atoms with van der Waals surface area (Å²) in [5.41, 5.74) is 0. The number of hydrogen-bond donors (Lipinski definition) is 1. The molecule has 1 fully saturated rings.